The molecule has 4 aliphatic rings. The summed E-state index contributed by atoms with van der Waals surface area (Å²) in [6, 6.07) is -0.290. The summed E-state index contributed by atoms with van der Waals surface area (Å²) in [5.74, 6) is -0.403. The Bertz CT molecular complexity index is 745. The fraction of sp³-hybridized carbons (Fsp3) is 0.714. The third-order valence-corrected chi connectivity index (χ3v) is 8.28. The number of allylic oxidation sites excluding steroid dienone is 4. The molecule has 3 unspecified atom stereocenters. The second-order valence-corrected chi connectivity index (χ2v) is 9.37. The van der Waals surface area contributed by atoms with Crippen LogP contribution in [0.5, 0.6) is 0 Å². The normalized spacial score (nSPS) is 48.3. The van der Waals surface area contributed by atoms with Gasteiger partial charge in [0, 0.05) is 16.7 Å². The maximum Gasteiger partial charge on any atom is 0.339 e. The maximum absolute atomic E-state index is 12.5. The van der Waals surface area contributed by atoms with Gasteiger partial charge in [0.05, 0.1) is 6.10 Å². The van der Waals surface area contributed by atoms with Crippen LogP contribution in [-0.4, -0.2) is 39.7 Å². The molecule has 0 saturated heterocycles. The van der Waals surface area contributed by atoms with E-state index in [0.717, 1.165) is 24.8 Å². The van der Waals surface area contributed by atoms with E-state index in [1.165, 1.54) is 0 Å². The number of aliphatic hydroxyl groups is 2. The first kappa shape index (κ1) is 19.2. The number of carbonyl (C=O) groups is 2. The Morgan fingerprint density at radius 3 is 2.81 bits per heavy atom. The highest BCUT2D eigenvalue weighted by Crippen LogP contribution is 2.67. The fourth-order valence-electron chi connectivity index (χ4n) is 6.83. The molecule has 0 heterocycles. The molecule has 0 aliphatic heterocycles. The topological polar surface area (TPSA) is 83.8 Å². The smallest absolute Gasteiger partial charge is 0.339 e. The van der Waals surface area contributed by atoms with Crippen LogP contribution >= 0.6 is 11.6 Å². The van der Waals surface area contributed by atoms with Crippen LogP contribution in [0.2, 0.25) is 0 Å². The van der Waals surface area contributed by atoms with Crippen LogP contribution in [-0.2, 0) is 14.3 Å². The first-order valence-corrected chi connectivity index (χ1v) is 10.3. The molecule has 0 amide bonds. The molecule has 7 atom stereocenters. The van der Waals surface area contributed by atoms with Crippen molar-refractivity contribution in [3.05, 3.63) is 23.8 Å². The van der Waals surface area contributed by atoms with Gasteiger partial charge in [-0.3, -0.25) is 4.79 Å². The van der Waals surface area contributed by atoms with Crippen molar-refractivity contribution in [1.82, 2.24) is 0 Å². The van der Waals surface area contributed by atoms with E-state index in [1.807, 2.05) is 13.0 Å². The number of halogens is 1. The molecule has 3 saturated carbocycles. The van der Waals surface area contributed by atoms with Gasteiger partial charge in [-0.05, 0) is 56.1 Å². The van der Waals surface area contributed by atoms with E-state index in [2.05, 4.69) is 6.92 Å². The van der Waals surface area contributed by atoms with E-state index in [9.17, 15) is 19.8 Å². The number of carbonyl (C=O) groups excluding carboxylic acids is 2. The highest BCUT2D eigenvalue weighted by Gasteiger charge is 2.68. The predicted molar refractivity (Wildman–Crippen MR) is 99.8 cm³/mol. The fourth-order valence-corrected chi connectivity index (χ4v) is 6.93. The molecule has 3 fully saturated rings. The molecule has 5 nitrogen and oxygen atoms in total. The molecule has 27 heavy (non-hydrogen) atoms. The van der Waals surface area contributed by atoms with Gasteiger partial charge in [-0.25, -0.2) is 4.79 Å². The second-order valence-electron chi connectivity index (χ2n) is 9.15. The molecule has 0 aromatic rings. The standard InChI is InChI=1S/C21H27ClO5/c1-19-7-5-13(23)9-12(19)3-4-14-15-6-8-21(26,18(25)27-11-22)20(15,2)10-16(24)17(14)19/h5,7,9,14-17,24,26H,3-4,6,8,10-11H2,1-2H3/t14?,15?,16-,17?,19-,20-,21-/m0/s1. The largest absolute Gasteiger partial charge is 0.447 e. The van der Waals surface area contributed by atoms with Crippen molar-refractivity contribution in [1.29, 1.82) is 0 Å². The lowest BCUT2D eigenvalue weighted by atomic mass is 9.46. The average Bonchev–Trinajstić information content (AvgIpc) is 2.87. The molecule has 4 rings (SSSR count). The highest BCUT2D eigenvalue weighted by atomic mass is 35.5. The molecule has 4 aliphatic carbocycles. The van der Waals surface area contributed by atoms with Crippen molar-refractivity contribution >= 4 is 23.4 Å². The van der Waals surface area contributed by atoms with Gasteiger partial charge in [-0.15, -0.1) is 0 Å². The minimum absolute atomic E-state index is 0.00937. The Morgan fingerprint density at radius 2 is 2.11 bits per heavy atom. The molecule has 2 N–H and O–H groups in total. The number of ether oxygens (including phenoxy) is 1. The lowest BCUT2D eigenvalue weighted by Gasteiger charge is -2.59. The number of fused-ring (bicyclic) bond motifs is 5. The Morgan fingerprint density at radius 1 is 1.37 bits per heavy atom. The molecular weight excluding hydrogens is 368 g/mol. The molecule has 0 aromatic carbocycles. The van der Waals surface area contributed by atoms with Gasteiger partial charge in [-0.1, -0.05) is 37.1 Å². The van der Waals surface area contributed by atoms with Gasteiger partial charge in [0.15, 0.2) is 17.5 Å². The number of rotatable bonds is 2. The van der Waals surface area contributed by atoms with Gasteiger partial charge in [-0.2, -0.15) is 0 Å². The summed E-state index contributed by atoms with van der Waals surface area (Å²) in [6.07, 6.45) is 7.64. The maximum atomic E-state index is 12.5. The van der Waals surface area contributed by atoms with Gasteiger partial charge >= 0.3 is 5.97 Å². The number of aliphatic hydroxyl groups excluding tert-OH is 1. The zero-order valence-electron chi connectivity index (χ0n) is 15.8. The van der Waals surface area contributed by atoms with Gasteiger partial charge in [0.2, 0.25) is 0 Å². The van der Waals surface area contributed by atoms with Crippen LogP contribution in [0.3, 0.4) is 0 Å². The van der Waals surface area contributed by atoms with Crippen LogP contribution < -0.4 is 0 Å². The van der Waals surface area contributed by atoms with Crippen molar-refractivity contribution in [3.8, 4) is 0 Å². The Hall–Kier alpha value is -1.17. The molecule has 0 bridgehead atoms. The minimum Gasteiger partial charge on any atom is -0.447 e. The molecule has 148 valence electrons. The second kappa shape index (κ2) is 6.16. The van der Waals surface area contributed by atoms with Gasteiger partial charge in [0.25, 0.3) is 0 Å². The summed E-state index contributed by atoms with van der Waals surface area (Å²) < 4.78 is 4.97. The molecule has 6 heteroatoms. The lowest BCUT2D eigenvalue weighted by Crippen LogP contribution is -2.61. The van der Waals surface area contributed by atoms with Gasteiger partial charge in [0.1, 0.15) is 0 Å². The number of hydrogen-bond donors (Lipinski definition) is 2. The molecule has 0 radical (unpaired) electrons. The SMILES string of the molecule is C[C@]12C=CC(=O)C=C1CCC1C2[C@@H](O)C[C@@]2(C)C1CC[C@]2(O)C(=O)OCCl. The van der Waals surface area contributed by atoms with Crippen LogP contribution in [0.4, 0.5) is 0 Å². The summed E-state index contributed by atoms with van der Waals surface area (Å²) >= 11 is 5.56. The summed E-state index contributed by atoms with van der Waals surface area (Å²) in [7, 11) is 0. The highest BCUT2D eigenvalue weighted by molar-refractivity contribution is 6.17. The van der Waals surface area contributed by atoms with E-state index in [1.54, 1.807) is 12.2 Å². The van der Waals surface area contributed by atoms with Crippen molar-refractivity contribution in [3.63, 3.8) is 0 Å². The van der Waals surface area contributed by atoms with E-state index in [0.29, 0.717) is 12.8 Å². The van der Waals surface area contributed by atoms with Crippen molar-refractivity contribution < 1.29 is 24.5 Å². The first-order chi connectivity index (χ1) is 12.7. The molecular formula is C21H27ClO5. The quantitative estimate of drug-likeness (QED) is 0.555. The Labute approximate surface area is 164 Å². The minimum atomic E-state index is -1.62. The van der Waals surface area contributed by atoms with Crippen LogP contribution in [0.25, 0.3) is 0 Å². The summed E-state index contributed by atoms with van der Waals surface area (Å²) in [6.45, 7) is 4.01. The van der Waals surface area contributed by atoms with E-state index >= 15 is 0 Å². The lowest BCUT2D eigenvalue weighted by molar-refractivity contribution is -0.195. The number of hydrogen-bond acceptors (Lipinski definition) is 5. The monoisotopic (exact) mass is 394 g/mol. The number of alkyl halides is 1. The van der Waals surface area contributed by atoms with E-state index in [-0.39, 0.29) is 35.0 Å². The van der Waals surface area contributed by atoms with Crippen molar-refractivity contribution in [2.45, 2.75) is 57.7 Å². The summed E-state index contributed by atoms with van der Waals surface area (Å²) in [5.41, 5.74) is -1.63. The van der Waals surface area contributed by atoms with Crippen LogP contribution in [0.1, 0.15) is 46.0 Å². The summed E-state index contributed by atoms with van der Waals surface area (Å²) in [4.78, 5) is 24.4. The zero-order chi connectivity index (χ0) is 19.6. The molecule has 0 spiro atoms. The Kier molecular flexibility index (Phi) is 4.37. The average molecular weight is 395 g/mol. The Balaban J connectivity index is 1.72. The zero-order valence-corrected chi connectivity index (χ0v) is 16.5. The van der Waals surface area contributed by atoms with Crippen LogP contribution in [0.15, 0.2) is 23.8 Å². The van der Waals surface area contributed by atoms with Gasteiger partial charge < -0.3 is 14.9 Å². The number of ketones is 1. The molecule has 0 aromatic heterocycles. The first-order valence-electron chi connectivity index (χ1n) is 9.75. The third kappa shape index (κ3) is 2.44. The van der Waals surface area contributed by atoms with Crippen LogP contribution in [0, 0.1) is 28.6 Å². The van der Waals surface area contributed by atoms with Crippen molar-refractivity contribution in [2.75, 3.05) is 6.07 Å². The number of esters is 1. The summed E-state index contributed by atoms with van der Waals surface area (Å²) in [5, 5.41) is 22.5. The predicted octanol–water partition coefficient (Wildman–Crippen LogP) is 2.74. The van der Waals surface area contributed by atoms with Crippen molar-refractivity contribution in [2.24, 2.45) is 28.6 Å². The third-order valence-electron chi connectivity index (χ3n) is 8.17. The van der Waals surface area contributed by atoms with E-state index < -0.39 is 23.1 Å². The van der Waals surface area contributed by atoms with E-state index in [4.69, 9.17) is 16.3 Å².